The van der Waals surface area contributed by atoms with Crippen LogP contribution < -0.4 is 15.5 Å². The van der Waals surface area contributed by atoms with Crippen molar-refractivity contribution in [3.63, 3.8) is 0 Å². The number of anilines is 1. The maximum Gasteiger partial charge on any atom is 0.224 e. The zero-order valence-electron chi connectivity index (χ0n) is 18.2. The molecule has 7 nitrogen and oxygen atoms in total. The van der Waals surface area contributed by atoms with E-state index in [1.165, 1.54) is 4.90 Å². The Morgan fingerprint density at radius 1 is 1.06 bits per heavy atom. The molecule has 1 aromatic heterocycles. The van der Waals surface area contributed by atoms with Crippen molar-refractivity contribution >= 4 is 29.4 Å². The van der Waals surface area contributed by atoms with Gasteiger partial charge in [0.1, 0.15) is 5.82 Å². The lowest BCUT2D eigenvalue weighted by molar-refractivity contribution is -0.131. The van der Waals surface area contributed by atoms with E-state index in [0.29, 0.717) is 13.0 Å². The first-order valence-electron chi connectivity index (χ1n) is 10.9. The van der Waals surface area contributed by atoms with Crippen molar-refractivity contribution < 1.29 is 4.79 Å². The molecular weight excluding hydrogens is 408 g/mol. The number of amides is 1. The van der Waals surface area contributed by atoms with Crippen molar-refractivity contribution in [1.29, 1.82) is 0 Å². The molecule has 1 saturated heterocycles. The molecule has 2 heterocycles. The van der Waals surface area contributed by atoms with Gasteiger partial charge in [0.05, 0.1) is 6.54 Å². The maximum atomic E-state index is 12.6. The number of guanidine groups is 1. The van der Waals surface area contributed by atoms with E-state index < -0.39 is 0 Å². The minimum Gasteiger partial charge on any atom is -0.357 e. The van der Waals surface area contributed by atoms with Gasteiger partial charge in [0, 0.05) is 62.5 Å². The maximum absolute atomic E-state index is 12.6. The van der Waals surface area contributed by atoms with Crippen LogP contribution in [0.1, 0.15) is 13.3 Å². The van der Waals surface area contributed by atoms with Crippen molar-refractivity contribution in [1.82, 2.24) is 20.5 Å². The second kappa shape index (κ2) is 12.8. The average Bonchev–Trinajstić information content (AvgIpc) is 2.83. The molecule has 2 N–H and O–H groups in total. The van der Waals surface area contributed by atoms with E-state index in [1.807, 2.05) is 47.9 Å². The minimum absolute atomic E-state index is 0.167. The molecule has 1 aliphatic rings. The number of carbonyl (C=O) groups is 1. The summed E-state index contributed by atoms with van der Waals surface area (Å²) < 4.78 is 0. The molecule has 2 aromatic rings. The fraction of sp³-hybridized carbons (Fsp3) is 0.435. The molecule has 1 amide bonds. The van der Waals surface area contributed by atoms with E-state index in [1.54, 1.807) is 6.20 Å². The summed E-state index contributed by atoms with van der Waals surface area (Å²) in [6.45, 7) is 7.23. The van der Waals surface area contributed by atoms with Gasteiger partial charge in [-0.3, -0.25) is 9.79 Å². The van der Waals surface area contributed by atoms with Crippen molar-refractivity contribution in [3.05, 3.63) is 54.7 Å². The molecular formula is C23H32N6OS. The van der Waals surface area contributed by atoms with E-state index in [-0.39, 0.29) is 5.91 Å². The van der Waals surface area contributed by atoms with Crippen LogP contribution in [0, 0.1) is 0 Å². The largest absolute Gasteiger partial charge is 0.357 e. The first kappa shape index (κ1) is 22.9. The molecule has 0 unspecified atom stereocenters. The van der Waals surface area contributed by atoms with Gasteiger partial charge in [0.25, 0.3) is 0 Å². The van der Waals surface area contributed by atoms with E-state index in [9.17, 15) is 4.79 Å². The Labute approximate surface area is 189 Å². The van der Waals surface area contributed by atoms with Gasteiger partial charge >= 0.3 is 0 Å². The van der Waals surface area contributed by atoms with Crippen molar-refractivity contribution in [2.75, 3.05) is 56.5 Å². The predicted octanol–water partition coefficient (Wildman–Crippen LogP) is 2.47. The van der Waals surface area contributed by atoms with Gasteiger partial charge in [-0.15, -0.1) is 11.8 Å². The first-order valence-corrected chi connectivity index (χ1v) is 11.9. The number of aromatic nitrogens is 1. The molecule has 1 aromatic carbocycles. The lowest BCUT2D eigenvalue weighted by Gasteiger charge is -2.35. The summed E-state index contributed by atoms with van der Waals surface area (Å²) in [5.74, 6) is 2.86. The third-order valence-corrected chi connectivity index (χ3v) is 5.97. The topological polar surface area (TPSA) is 72.9 Å². The third kappa shape index (κ3) is 7.79. The van der Waals surface area contributed by atoms with Gasteiger partial charge in [-0.25, -0.2) is 4.98 Å². The second-order valence-corrected chi connectivity index (χ2v) is 8.32. The monoisotopic (exact) mass is 440 g/mol. The Morgan fingerprint density at radius 3 is 2.55 bits per heavy atom. The molecule has 166 valence electrons. The van der Waals surface area contributed by atoms with Gasteiger partial charge in [-0.2, -0.15) is 0 Å². The molecule has 0 spiro atoms. The zero-order valence-corrected chi connectivity index (χ0v) is 19.0. The minimum atomic E-state index is 0.167. The number of hydrogen-bond acceptors (Lipinski definition) is 5. The summed E-state index contributed by atoms with van der Waals surface area (Å²) in [5, 5.41) is 6.60. The molecule has 8 heteroatoms. The molecule has 0 radical (unpaired) electrons. The highest BCUT2D eigenvalue weighted by atomic mass is 32.2. The number of nitrogens with zero attached hydrogens (tertiary/aromatic N) is 4. The molecule has 31 heavy (non-hydrogen) atoms. The fourth-order valence-electron chi connectivity index (χ4n) is 3.34. The molecule has 1 aliphatic heterocycles. The van der Waals surface area contributed by atoms with E-state index in [2.05, 4.69) is 49.8 Å². The SMILES string of the molecule is CCNC(=NCCC(=O)N1CCN(c2ccccn2)CC1)NCCSc1ccccc1. The highest BCUT2D eigenvalue weighted by Crippen LogP contribution is 2.15. The van der Waals surface area contributed by atoms with E-state index in [4.69, 9.17) is 0 Å². The Kier molecular flexibility index (Phi) is 9.50. The summed E-state index contributed by atoms with van der Waals surface area (Å²) in [6, 6.07) is 16.3. The van der Waals surface area contributed by atoms with Crippen LogP contribution in [0.4, 0.5) is 5.82 Å². The van der Waals surface area contributed by atoms with Gasteiger partial charge in [-0.1, -0.05) is 24.3 Å². The Morgan fingerprint density at radius 2 is 1.84 bits per heavy atom. The highest BCUT2D eigenvalue weighted by Gasteiger charge is 2.21. The lowest BCUT2D eigenvalue weighted by Crippen LogP contribution is -2.49. The number of carbonyl (C=O) groups excluding carboxylic acids is 1. The number of nitrogens with one attached hydrogen (secondary N) is 2. The van der Waals surface area contributed by atoms with Crippen LogP contribution in [-0.4, -0.2) is 73.3 Å². The zero-order chi connectivity index (χ0) is 21.7. The Hall–Kier alpha value is -2.74. The highest BCUT2D eigenvalue weighted by molar-refractivity contribution is 7.99. The number of rotatable bonds is 9. The molecule has 3 rings (SSSR count). The van der Waals surface area contributed by atoms with Crippen LogP contribution in [0.2, 0.25) is 0 Å². The first-order chi connectivity index (χ1) is 15.3. The van der Waals surface area contributed by atoms with Crippen LogP contribution in [-0.2, 0) is 4.79 Å². The Balaban J connectivity index is 1.36. The molecule has 0 atom stereocenters. The smallest absolute Gasteiger partial charge is 0.224 e. The number of pyridine rings is 1. The van der Waals surface area contributed by atoms with Crippen molar-refractivity contribution in [3.8, 4) is 0 Å². The summed E-state index contributed by atoms with van der Waals surface area (Å²) in [7, 11) is 0. The summed E-state index contributed by atoms with van der Waals surface area (Å²) in [5.41, 5.74) is 0. The van der Waals surface area contributed by atoms with E-state index in [0.717, 1.165) is 56.8 Å². The van der Waals surface area contributed by atoms with Crippen LogP contribution >= 0.6 is 11.8 Å². The van der Waals surface area contributed by atoms with Crippen LogP contribution in [0.25, 0.3) is 0 Å². The van der Waals surface area contributed by atoms with Gasteiger partial charge in [0.2, 0.25) is 5.91 Å². The Bertz CT molecular complexity index is 809. The quantitative estimate of drug-likeness (QED) is 0.270. The molecule has 0 bridgehead atoms. The van der Waals surface area contributed by atoms with Gasteiger partial charge < -0.3 is 20.4 Å². The average molecular weight is 441 g/mol. The molecule has 1 fully saturated rings. The number of hydrogen-bond donors (Lipinski definition) is 2. The van der Waals surface area contributed by atoms with Crippen LogP contribution in [0.3, 0.4) is 0 Å². The number of benzene rings is 1. The van der Waals surface area contributed by atoms with Crippen LogP contribution in [0.5, 0.6) is 0 Å². The number of piperazine rings is 1. The fourth-order valence-corrected chi connectivity index (χ4v) is 4.13. The summed E-state index contributed by atoms with van der Waals surface area (Å²) in [6.07, 6.45) is 2.24. The standard InChI is InChI=1S/C23H32N6OS/c1-2-24-23(27-14-19-31-20-8-4-3-5-9-20)26-13-11-22(30)29-17-15-28(16-18-29)21-10-6-7-12-25-21/h3-10,12H,2,11,13-19H2,1H3,(H2,24,26,27). The number of aliphatic imine (C=N–C) groups is 1. The van der Waals surface area contributed by atoms with Crippen molar-refractivity contribution in [2.45, 2.75) is 18.2 Å². The molecule has 0 aliphatic carbocycles. The normalized spacial score (nSPS) is 14.4. The lowest BCUT2D eigenvalue weighted by atomic mass is 10.2. The predicted molar refractivity (Wildman–Crippen MR) is 129 cm³/mol. The second-order valence-electron chi connectivity index (χ2n) is 7.15. The van der Waals surface area contributed by atoms with Crippen molar-refractivity contribution in [2.24, 2.45) is 4.99 Å². The third-order valence-electron chi connectivity index (χ3n) is 4.95. The summed E-state index contributed by atoms with van der Waals surface area (Å²) in [4.78, 5) is 27.0. The summed E-state index contributed by atoms with van der Waals surface area (Å²) >= 11 is 1.81. The van der Waals surface area contributed by atoms with Gasteiger partial charge in [0.15, 0.2) is 5.96 Å². The van der Waals surface area contributed by atoms with E-state index >= 15 is 0 Å². The molecule has 0 saturated carbocycles. The van der Waals surface area contributed by atoms with Gasteiger partial charge in [-0.05, 0) is 31.2 Å². The van der Waals surface area contributed by atoms with Crippen LogP contribution in [0.15, 0.2) is 64.6 Å². The number of thioether (sulfide) groups is 1.